The molecular weight excluding hydrogens is 188 g/mol. The lowest BCUT2D eigenvalue weighted by atomic mass is 10.1. The van der Waals surface area contributed by atoms with Crippen molar-refractivity contribution in [2.75, 3.05) is 0 Å². The van der Waals surface area contributed by atoms with Gasteiger partial charge in [0.1, 0.15) is 0 Å². The van der Waals surface area contributed by atoms with E-state index in [9.17, 15) is 0 Å². The van der Waals surface area contributed by atoms with Gasteiger partial charge in [-0.25, -0.2) is 9.67 Å². The van der Waals surface area contributed by atoms with Crippen LogP contribution < -0.4 is 5.73 Å². The Morgan fingerprint density at radius 1 is 1.33 bits per heavy atom. The van der Waals surface area contributed by atoms with E-state index in [4.69, 9.17) is 5.73 Å². The number of fused-ring (bicyclic) bond motifs is 1. The highest BCUT2D eigenvalue weighted by Gasteiger charge is 2.17. The first-order valence-electron chi connectivity index (χ1n) is 5.05. The normalized spacial score (nSPS) is 12.3. The molecule has 0 saturated carbocycles. The molecule has 2 N–H and O–H groups in total. The van der Waals surface area contributed by atoms with Crippen molar-refractivity contribution in [1.82, 2.24) is 14.8 Å². The molecule has 0 amide bonds. The number of aromatic nitrogens is 3. The number of hydrogen-bond acceptors (Lipinski definition) is 3. The highest BCUT2D eigenvalue weighted by molar-refractivity contribution is 5.75. The van der Waals surface area contributed by atoms with Gasteiger partial charge in [-0.3, -0.25) is 0 Å². The van der Waals surface area contributed by atoms with E-state index in [1.165, 1.54) is 0 Å². The van der Waals surface area contributed by atoms with E-state index >= 15 is 0 Å². The molecule has 0 unspecified atom stereocenters. The third-order valence-corrected chi connectivity index (χ3v) is 2.34. The van der Waals surface area contributed by atoms with Crippen LogP contribution in [0.3, 0.4) is 0 Å². The zero-order valence-corrected chi connectivity index (χ0v) is 9.36. The lowest BCUT2D eigenvalue weighted by molar-refractivity contribution is 0.366. The van der Waals surface area contributed by atoms with Crippen LogP contribution in [0.4, 0.5) is 0 Å². The van der Waals surface area contributed by atoms with Crippen molar-refractivity contribution in [3.05, 3.63) is 24.0 Å². The van der Waals surface area contributed by atoms with Crippen LogP contribution >= 0.6 is 0 Å². The molecule has 0 atom stereocenters. The molecule has 4 heteroatoms. The molecule has 0 aromatic carbocycles. The molecule has 2 aromatic rings. The number of hydrogen-bond donors (Lipinski definition) is 1. The van der Waals surface area contributed by atoms with E-state index in [-0.39, 0.29) is 5.54 Å². The predicted octanol–water partition coefficient (Wildman–Crippen LogP) is 1.64. The summed E-state index contributed by atoms with van der Waals surface area (Å²) >= 11 is 0. The topological polar surface area (TPSA) is 56.7 Å². The Hall–Kier alpha value is -1.42. The summed E-state index contributed by atoms with van der Waals surface area (Å²) in [7, 11) is 0. The van der Waals surface area contributed by atoms with Gasteiger partial charge in [0, 0.05) is 18.1 Å². The minimum absolute atomic E-state index is 0.0427. The van der Waals surface area contributed by atoms with E-state index in [1.54, 1.807) is 0 Å². The fourth-order valence-electron chi connectivity index (χ4n) is 1.57. The van der Waals surface area contributed by atoms with Gasteiger partial charge in [-0.1, -0.05) is 0 Å². The fraction of sp³-hybridized carbons (Fsp3) is 0.455. The summed E-state index contributed by atoms with van der Waals surface area (Å²) in [5, 5.41) is 5.40. The maximum Gasteiger partial charge on any atom is 0.158 e. The maximum atomic E-state index is 5.57. The Morgan fingerprint density at radius 2 is 2.07 bits per heavy atom. The van der Waals surface area contributed by atoms with Crippen LogP contribution in [0.2, 0.25) is 0 Å². The van der Waals surface area contributed by atoms with Crippen LogP contribution in [0, 0.1) is 0 Å². The summed E-state index contributed by atoms with van der Waals surface area (Å²) in [6.45, 7) is 6.84. The molecular formula is C11H16N4. The molecule has 2 heterocycles. The molecule has 0 bridgehead atoms. The summed E-state index contributed by atoms with van der Waals surface area (Å²) in [4.78, 5) is 4.40. The van der Waals surface area contributed by atoms with E-state index in [1.807, 2.05) is 23.1 Å². The van der Waals surface area contributed by atoms with Gasteiger partial charge in [-0.15, -0.1) is 0 Å². The molecule has 0 radical (unpaired) electrons. The van der Waals surface area contributed by atoms with Crippen LogP contribution in [0.25, 0.3) is 11.0 Å². The van der Waals surface area contributed by atoms with Crippen LogP contribution in [0.1, 0.15) is 26.3 Å². The van der Waals surface area contributed by atoms with Crippen LogP contribution in [-0.2, 0) is 12.1 Å². The van der Waals surface area contributed by atoms with Crippen molar-refractivity contribution >= 4 is 11.0 Å². The summed E-state index contributed by atoms with van der Waals surface area (Å²) in [6.07, 6.45) is 3.65. The molecule has 15 heavy (non-hydrogen) atoms. The predicted molar refractivity (Wildman–Crippen MR) is 60.4 cm³/mol. The van der Waals surface area contributed by atoms with Gasteiger partial charge in [0.05, 0.1) is 11.7 Å². The molecule has 80 valence electrons. The molecule has 0 aliphatic carbocycles. The van der Waals surface area contributed by atoms with Crippen molar-refractivity contribution in [2.24, 2.45) is 5.73 Å². The summed E-state index contributed by atoms with van der Waals surface area (Å²) < 4.78 is 1.93. The second kappa shape index (κ2) is 3.31. The van der Waals surface area contributed by atoms with E-state index in [0.29, 0.717) is 6.54 Å². The fourth-order valence-corrected chi connectivity index (χ4v) is 1.57. The van der Waals surface area contributed by atoms with Gasteiger partial charge in [0.15, 0.2) is 5.65 Å². The van der Waals surface area contributed by atoms with Crippen LogP contribution in [0.15, 0.2) is 18.5 Å². The Bertz CT molecular complexity index is 479. The van der Waals surface area contributed by atoms with Crippen LogP contribution in [-0.4, -0.2) is 14.8 Å². The lowest BCUT2D eigenvalue weighted by Crippen LogP contribution is -2.23. The monoisotopic (exact) mass is 204 g/mol. The Morgan fingerprint density at radius 3 is 2.67 bits per heavy atom. The standard InChI is InChI=1S/C11H16N4/c1-11(2,3)15-10-9(7-14-15)4-8(5-12)6-13-10/h4,6-7H,5,12H2,1-3H3. The molecule has 0 spiro atoms. The second-order valence-electron chi connectivity index (χ2n) is 4.69. The molecule has 2 rings (SSSR count). The van der Waals surface area contributed by atoms with Crippen molar-refractivity contribution in [3.63, 3.8) is 0 Å². The number of rotatable bonds is 1. The molecule has 4 nitrogen and oxygen atoms in total. The number of nitrogens with zero attached hydrogens (tertiary/aromatic N) is 3. The van der Waals surface area contributed by atoms with Gasteiger partial charge < -0.3 is 5.73 Å². The minimum Gasteiger partial charge on any atom is -0.326 e. The van der Waals surface area contributed by atoms with Crippen molar-refractivity contribution < 1.29 is 0 Å². The first kappa shape index (κ1) is 10.1. The molecule has 0 aliphatic heterocycles. The third-order valence-electron chi connectivity index (χ3n) is 2.34. The quantitative estimate of drug-likeness (QED) is 0.768. The second-order valence-corrected chi connectivity index (χ2v) is 4.69. The first-order chi connectivity index (χ1) is 7.02. The Balaban J connectivity index is 2.62. The maximum absolute atomic E-state index is 5.57. The number of nitrogens with two attached hydrogens (primary N) is 1. The van der Waals surface area contributed by atoms with Crippen LogP contribution in [0.5, 0.6) is 0 Å². The van der Waals surface area contributed by atoms with Gasteiger partial charge in [0.2, 0.25) is 0 Å². The summed E-state index contributed by atoms with van der Waals surface area (Å²) in [5.74, 6) is 0. The van der Waals surface area contributed by atoms with Gasteiger partial charge in [-0.05, 0) is 32.4 Å². The Kier molecular flexibility index (Phi) is 2.23. The Labute approximate surface area is 89.1 Å². The molecule has 0 saturated heterocycles. The third kappa shape index (κ3) is 1.72. The average molecular weight is 204 g/mol. The van der Waals surface area contributed by atoms with Gasteiger partial charge >= 0.3 is 0 Å². The van der Waals surface area contributed by atoms with Gasteiger partial charge in [0.25, 0.3) is 0 Å². The SMILES string of the molecule is CC(C)(C)n1ncc2cc(CN)cnc21. The van der Waals surface area contributed by atoms with Crippen molar-refractivity contribution in [1.29, 1.82) is 0 Å². The first-order valence-corrected chi connectivity index (χ1v) is 5.05. The van der Waals surface area contributed by atoms with E-state index in [2.05, 4.69) is 30.9 Å². The van der Waals surface area contributed by atoms with E-state index < -0.39 is 0 Å². The molecule has 2 aromatic heterocycles. The van der Waals surface area contributed by atoms with Gasteiger partial charge in [-0.2, -0.15) is 5.10 Å². The van der Waals surface area contributed by atoms with E-state index in [0.717, 1.165) is 16.6 Å². The highest BCUT2D eigenvalue weighted by Crippen LogP contribution is 2.20. The zero-order chi connectivity index (χ0) is 11.1. The average Bonchev–Trinajstić information content (AvgIpc) is 2.59. The minimum atomic E-state index is -0.0427. The lowest BCUT2D eigenvalue weighted by Gasteiger charge is -2.19. The summed E-state index contributed by atoms with van der Waals surface area (Å²) in [5.41, 5.74) is 7.48. The number of pyridine rings is 1. The van der Waals surface area contributed by atoms with Crippen molar-refractivity contribution in [3.8, 4) is 0 Å². The molecule has 0 fully saturated rings. The van der Waals surface area contributed by atoms with Crippen molar-refractivity contribution in [2.45, 2.75) is 32.9 Å². The zero-order valence-electron chi connectivity index (χ0n) is 9.36. The molecule has 0 aliphatic rings. The smallest absolute Gasteiger partial charge is 0.158 e. The largest absolute Gasteiger partial charge is 0.326 e. The summed E-state index contributed by atoms with van der Waals surface area (Å²) in [6, 6.07) is 2.04. The highest BCUT2D eigenvalue weighted by atomic mass is 15.3.